The van der Waals surface area contributed by atoms with E-state index in [9.17, 15) is 14.4 Å². The first-order valence-electron chi connectivity index (χ1n) is 6.33. The van der Waals surface area contributed by atoms with Crippen molar-refractivity contribution >= 4 is 18.0 Å². The summed E-state index contributed by atoms with van der Waals surface area (Å²) in [4.78, 5) is 35.0. The number of carboxylic acids is 2. The number of carbonyl (C=O) groups is 3. The van der Waals surface area contributed by atoms with Gasteiger partial charge in [0.05, 0.1) is 6.42 Å². The Hall–Kier alpha value is -1.79. The minimum absolute atomic E-state index is 0.0306. The molecule has 0 radical (unpaired) electrons. The molecule has 0 bridgehead atoms. The molecule has 108 valence electrons. The minimum atomic E-state index is -1.39. The Morgan fingerprint density at radius 2 is 1.95 bits per heavy atom. The van der Waals surface area contributed by atoms with E-state index in [4.69, 9.17) is 10.2 Å². The topological polar surface area (TPSA) is 107 Å². The van der Waals surface area contributed by atoms with Crippen LogP contribution < -0.4 is 5.32 Å². The largest absolute Gasteiger partial charge is 0.481 e. The molecule has 0 aromatic rings. The first-order chi connectivity index (χ1) is 8.81. The zero-order valence-corrected chi connectivity index (χ0v) is 11.1. The third kappa shape index (κ3) is 4.42. The lowest BCUT2D eigenvalue weighted by molar-refractivity contribution is -0.145. The molecule has 0 spiro atoms. The van der Waals surface area contributed by atoms with E-state index >= 15 is 0 Å². The van der Waals surface area contributed by atoms with Crippen LogP contribution in [-0.2, 0) is 9.59 Å². The first kappa shape index (κ1) is 15.3. The van der Waals surface area contributed by atoms with Crippen molar-refractivity contribution in [3.63, 3.8) is 0 Å². The Balaban J connectivity index is 2.61. The number of hydrogen-bond donors (Lipinski definition) is 3. The fourth-order valence-corrected chi connectivity index (χ4v) is 2.32. The van der Waals surface area contributed by atoms with E-state index in [1.807, 2.05) is 6.92 Å². The number of carbonyl (C=O) groups excluding carboxylic acids is 1. The Labute approximate surface area is 111 Å². The molecule has 19 heavy (non-hydrogen) atoms. The highest BCUT2D eigenvalue weighted by atomic mass is 16.4. The van der Waals surface area contributed by atoms with Crippen LogP contribution in [0.15, 0.2) is 0 Å². The summed E-state index contributed by atoms with van der Waals surface area (Å²) in [6.45, 7) is 4.58. The van der Waals surface area contributed by atoms with Gasteiger partial charge in [-0.2, -0.15) is 0 Å². The van der Waals surface area contributed by atoms with Crippen LogP contribution in [0.5, 0.6) is 0 Å². The number of urea groups is 1. The number of rotatable bonds is 4. The van der Waals surface area contributed by atoms with E-state index in [2.05, 4.69) is 12.2 Å². The van der Waals surface area contributed by atoms with E-state index in [0.717, 1.165) is 12.8 Å². The van der Waals surface area contributed by atoms with E-state index in [1.165, 1.54) is 0 Å². The van der Waals surface area contributed by atoms with E-state index in [0.29, 0.717) is 12.5 Å². The Morgan fingerprint density at radius 3 is 2.42 bits per heavy atom. The first-order valence-corrected chi connectivity index (χ1v) is 6.33. The molecular weight excluding hydrogens is 252 g/mol. The van der Waals surface area contributed by atoms with Gasteiger partial charge in [0.2, 0.25) is 0 Å². The molecule has 1 fully saturated rings. The standard InChI is InChI=1S/C12H20N2O5/c1-7-3-4-14(8(2)5-7)12(19)13-9(11(17)18)6-10(15)16/h7-9H,3-6H2,1-2H3,(H,13,19)(H,15,16)(H,17,18)/t7?,8?,9-/m1/s1. The van der Waals surface area contributed by atoms with Crippen molar-refractivity contribution in [1.29, 1.82) is 0 Å². The van der Waals surface area contributed by atoms with Crippen molar-refractivity contribution in [2.24, 2.45) is 5.92 Å². The van der Waals surface area contributed by atoms with Crippen LogP contribution >= 0.6 is 0 Å². The van der Waals surface area contributed by atoms with Crippen LogP contribution in [-0.4, -0.2) is 51.7 Å². The average Bonchev–Trinajstić information content (AvgIpc) is 2.26. The lowest BCUT2D eigenvalue weighted by Gasteiger charge is -2.36. The molecule has 1 rings (SSSR count). The van der Waals surface area contributed by atoms with Crippen LogP contribution in [0.2, 0.25) is 0 Å². The third-order valence-electron chi connectivity index (χ3n) is 3.37. The van der Waals surface area contributed by atoms with Gasteiger partial charge in [-0.25, -0.2) is 9.59 Å². The summed E-state index contributed by atoms with van der Waals surface area (Å²) in [6.07, 6.45) is 1.11. The maximum Gasteiger partial charge on any atom is 0.326 e. The van der Waals surface area contributed by atoms with Gasteiger partial charge in [0.15, 0.2) is 0 Å². The Kier molecular flexibility index (Phi) is 5.14. The Morgan fingerprint density at radius 1 is 1.32 bits per heavy atom. The van der Waals surface area contributed by atoms with Gasteiger partial charge in [0.25, 0.3) is 0 Å². The molecule has 1 saturated heterocycles. The molecular formula is C12H20N2O5. The summed E-state index contributed by atoms with van der Waals surface area (Å²) in [6, 6.07) is -1.87. The normalized spacial score (nSPS) is 24.6. The number of amides is 2. The van der Waals surface area contributed by atoms with Crippen molar-refractivity contribution in [3.05, 3.63) is 0 Å². The third-order valence-corrected chi connectivity index (χ3v) is 3.37. The number of hydrogen-bond acceptors (Lipinski definition) is 3. The highest BCUT2D eigenvalue weighted by molar-refractivity contribution is 5.86. The van der Waals surface area contributed by atoms with Gasteiger partial charge in [0.1, 0.15) is 6.04 Å². The summed E-state index contributed by atoms with van der Waals surface area (Å²) in [7, 11) is 0. The van der Waals surface area contributed by atoms with Gasteiger partial charge in [0, 0.05) is 12.6 Å². The molecule has 7 heteroatoms. The zero-order valence-electron chi connectivity index (χ0n) is 11.1. The molecule has 1 heterocycles. The summed E-state index contributed by atoms with van der Waals surface area (Å²) < 4.78 is 0. The predicted molar refractivity (Wildman–Crippen MR) is 66.8 cm³/mol. The number of likely N-dealkylation sites (tertiary alicyclic amines) is 1. The summed E-state index contributed by atoms with van der Waals surface area (Å²) >= 11 is 0. The fourth-order valence-electron chi connectivity index (χ4n) is 2.32. The minimum Gasteiger partial charge on any atom is -0.481 e. The van der Waals surface area contributed by atoms with Crippen molar-refractivity contribution in [1.82, 2.24) is 10.2 Å². The van der Waals surface area contributed by atoms with Crippen LogP contribution in [0.3, 0.4) is 0 Å². The number of piperidine rings is 1. The van der Waals surface area contributed by atoms with Crippen LogP contribution in [0.4, 0.5) is 4.79 Å². The van der Waals surface area contributed by atoms with E-state index in [-0.39, 0.29) is 6.04 Å². The summed E-state index contributed by atoms with van der Waals surface area (Å²) in [5.41, 5.74) is 0. The van der Waals surface area contributed by atoms with E-state index in [1.54, 1.807) is 4.90 Å². The van der Waals surface area contributed by atoms with Crippen molar-refractivity contribution in [2.75, 3.05) is 6.54 Å². The van der Waals surface area contributed by atoms with E-state index < -0.39 is 30.4 Å². The molecule has 0 aromatic heterocycles. The van der Waals surface area contributed by atoms with Gasteiger partial charge in [-0.3, -0.25) is 4.79 Å². The second kappa shape index (κ2) is 6.40. The molecule has 7 nitrogen and oxygen atoms in total. The molecule has 1 aliphatic heterocycles. The SMILES string of the molecule is CC1CCN(C(=O)N[C@H](CC(=O)O)C(=O)O)C(C)C1. The number of aliphatic carboxylic acids is 2. The molecule has 3 atom stereocenters. The van der Waals surface area contributed by atoms with Crippen LogP contribution in [0, 0.1) is 5.92 Å². The van der Waals surface area contributed by atoms with Gasteiger partial charge < -0.3 is 20.4 Å². The highest BCUT2D eigenvalue weighted by Gasteiger charge is 2.30. The highest BCUT2D eigenvalue weighted by Crippen LogP contribution is 2.22. The molecule has 0 saturated carbocycles. The number of nitrogens with zero attached hydrogens (tertiary/aromatic N) is 1. The molecule has 2 amide bonds. The van der Waals surface area contributed by atoms with Crippen LogP contribution in [0.1, 0.15) is 33.1 Å². The van der Waals surface area contributed by atoms with Crippen molar-refractivity contribution in [2.45, 2.75) is 45.2 Å². The van der Waals surface area contributed by atoms with Crippen LogP contribution in [0.25, 0.3) is 0 Å². The lowest BCUT2D eigenvalue weighted by Crippen LogP contribution is -2.53. The molecule has 0 aliphatic carbocycles. The number of carboxylic acid groups (broad SMARTS) is 2. The maximum absolute atomic E-state index is 12.0. The van der Waals surface area contributed by atoms with Gasteiger partial charge in [-0.1, -0.05) is 6.92 Å². The van der Waals surface area contributed by atoms with Gasteiger partial charge in [-0.15, -0.1) is 0 Å². The second-order valence-corrected chi connectivity index (χ2v) is 5.11. The quantitative estimate of drug-likeness (QED) is 0.700. The Bertz CT molecular complexity index is 371. The summed E-state index contributed by atoms with van der Waals surface area (Å²) in [5.74, 6) is -2.06. The smallest absolute Gasteiger partial charge is 0.326 e. The molecule has 2 unspecified atom stereocenters. The molecule has 0 aromatic carbocycles. The average molecular weight is 272 g/mol. The van der Waals surface area contributed by atoms with Crippen molar-refractivity contribution in [3.8, 4) is 0 Å². The monoisotopic (exact) mass is 272 g/mol. The zero-order chi connectivity index (χ0) is 14.6. The molecule has 1 aliphatic rings. The fraction of sp³-hybridized carbons (Fsp3) is 0.750. The maximum atomic E-state index is 12.0. The molecule has 3 N–H and O–H groups in total. The summed E-state index contributed by atoms with van der Waals surface area (Å²) in [5, 5.41) is 19.8. The second-order valence-electron chi connectivity index (χ2n) is 5.11. The van der Waals surface area contributed by atoms with Crippen molar-refractivity contribution < 1.29 is 24.6 Å². The number of nitrogens with one attached hydrogen (secondary N) is 1. The van der Waals surface area contributed by atoms with Gasteiger partial charge >= 0.3 is 18.0 Å². The lowest BCUT2D eigenvalue weighted by atomic mass is 9.94. The predicted octanol–water partition coefficient (Wildman–Crippen LogP) is 0.744. The van der Waals surface area contributed by atoms with Gasteiger partial charge in [-0.05, 0) is 25.7 Å².